The van der Waals surface area contributed by atoms with Gasteiger partial charge in [0.15, 0.2) is 0 Å². The Hall–Kier alpha value is -0.860. The molecule has 1 aromatic rings. The van der Waals surface area contributed by atoms with E-state index < -0.39 is 0 Å². The van der Waals surface area contributed by atoms with Gasteiger partial charge in [-0.2, -0.15) is 0 Å². The SMILES string of the molecule is CC(C)N1CC(NC2CC2)CC(c2ccccc2)C1. The fourth-order valence-corrected chi connectivity index (χ4v) is 3.23. The van der Waals surface area contributed by atoms with Crippen LogP contribution in [-0.2, 0) is 0 Å². The molecule has 0 aromatic heterocycles. The van der Waals surface area contributed by atoms with E-state index in [1.165, 1.54) is 37.9 Å². The minimum absolute atomic E-state index is 0.648. The number of benzene rings is 1. The first-order valence-corrected chi connectivity index (χ1v) is 7.77. The molecule has 1 heterocycles. The van der Waals surface area contributed by atoms with E-state index in [-0.39, 0.29) is 0 Å². The molecule has 19 heavy (non-hydrogen) atoms. The summed E-state index contributed by atoms with van der Waals surface area (Å²) in [5, 5.41) is 3.84. The molecule has 2 aliphatic rings. The second-order valence-corrected chi connectivity index (χ2v) is 6.53. The molecule has 2 unspecified atom stereocenters. The number of likely N-dealkylation sites (tertiary alicyclic amines) is 1. The Balaban J connectivity index is 1.71. The van der Waals surface area contributed by atoms with E-state index in [1.807, 2.05) is 0 Å². The minimum Gasteiger partial charge on any atom is -0.310 e. The average molecular weight is 258 g/mol. The highest BCUT2D eigenvalue weighted by Gasteiger charge is 2.32. The van der Waals surface area contributed by atoms with Crippen molar-refractivity contribution in [1.29, 1.82) is 0 Å². The molecule has 1 aromatic carbocycles. The molecule has 0 spiro atoms. The first kappa shape index (κ1) is 13.1. The van der Waals surface area contributed by atoms with Crippen molar-refractivity contribution in [2.24, 2.45) is 0 Å². The highest BCUT2D eigenvalue weighted by molar-refractivity contribution is 5.21. The first-order chi connectivity index (χ1) is 9.22. The molecule has 2 nitrogen and oxygen atoms in total. The number of hydrogen-bond acceptors (Lipinski definition) is 2. The molecule has 1 saturated carbocycles. The second kappa shape index (κ2) is 5.64. The van der Waals surface area contributed by atoms with Gasteiger partial charge in [0.1, 0.15) is 0 Å². The summed E-state index contributed by atoms with van der Waals surface area (Å²) in [5.74, 6) is 0.689. The molecule has 1 aliphatic heterocycles. The van der Waals surface area contributed by atoms with Crippen molar-refractivity contribution in [2.45, 2.75) is 57.2 Å². The van der Waals surface area contributed by atoms with E-state index in [9.17, 15) is 0 Å². The molecule has 2 fully saturated rings. The molecule has 2 heteroatoms. The highest BCUT2D eigenvalue weighted by atomic mass is 15.2. The van der Waals surface area contributed by atoms with E-state index in [4.69, 9.17) is 0 Å². The van der Waals surface area contributed by atoms with Crippen LogP contribution in [0.25, 0.3) is 0 Å². The van der Waals surface area contributed by atoms with Crippen LogP contribution in [0, 0.1) is 0 Å². The summed E-state index contributed by atoms with van der Waals surface area (Å²) in [6.45, 7) is 7.07. The van der Waals surface area contributed by atoms with Gasteiger partial charge in [-0.25, -0.2) is 0 Å². The number of rotatable bonds is 4. The van der Waals surface area contributed by atoms with Gasteiger partial charge < -0.3 is 5.32 Å². The normalized spacial score (nSPS) is 28.8. The third kappa shape index (κ3) is 3.37. The topological polar surface area (TPSA) is 15.3 Å². The molecule has 2 atom stereocenters. The smallest absolute Gasteiger partial charge is 0.0204 e. The van der Waals surface area contributed by atoms with Crippen LogP contribution in [-0.4, -0.2) is 36.1 Å². The van der Waals surface area contributed by atoms with Crippen molar-refractivity contribution in [3.05, 3.63) is 35.9 Å². The molecule has 1 saturated heterocycles. The molecule has 1 aliphatic carbocycles. The van der Waals surface area contributed by atoms with E-state index in [0.29, 0.717) is 18.0 Å². The quantitative estimate of drug-likeness (QED) is 0.893. The molecule has 104 valence electrons. The van der Waals surface area contributed by atoms with Gasteiger partial charge in [0, 0.05) is 31.2 Å². The lowest BCUT2D eigenvalue weighted by Crippen LogP contribution is -2.51. The molecule has 0 radical (unpaired) electrons. The summed E-state index contributed by atoms with van der Waals surface area (Å²) in [6.07, 6.45) is 4.06. The van der Waals surface area contributed by atoms with Crippen LogP contribution in [0.1, 0.15) is 44.6 Å². The zero-order chi connectivity index (χ0) is 13.2. The highest BCUT2D eigenvalue weighted by Crippen LogP contribution is 2.30. The Morgan fingerprint density at radius 1 is 1.05 bits per heavy atom. The Bertz CT molecular complexity index is 397. The Morgan fingerprint density at radius 3 is 2.42 bits per heavy atom. The summed E-state index contributed by atoms with van der Waals surface area (Å²) in [5.41, 5.74) is 1.51. The van der Waals surface area contributed by atoms with Crippen LogP contribution in [0.5, 0.6) is 0 Å². The van der Waals surface area contributed by atoms with Crippen molar-refractivity contribution in [1.82, 2.24) is 10.2 Å². The zero-order valence-electron chi connectivity index (χ0n) is 12.2. The predicted molar refractivity (Wildman–Crippen MR) is 80.5 cm³/mol. The van der Waals surface area contributed by atoms with Gasteiger partial charge in [0.2, 0.25) is 0 Å². The van der Waals surface area contributed by atoms with Gasteiger partial charge in [-0.1, -0.05) is 30.3 Å². The van der Waals surface area contributed by atoms with Gasteiger partial charge in [-0.05, 0) is 44.6 Å². The Kier molecular flexibility index (Phi) is 3.90. The monoisotopic (exact) mass is 258 g/mol. The number of nitrogens with one attached hydrogen (secondary N) is 1. The summed E-state index contributed by atoms with van der Waals surface area (Å²) >= 11 is 0. The van der Waals surface area contributed by atoms with Crippen LogP contribution < -0.4 is 5.32 Å². The fourth-order valence-electron chi connectivity index (χ4n) is 3.23. The molecular formula is C17H26N2. The molecule has 1 N–H and O–H groups in total. The van der Waals surface area contributed by atoms with E-state index in [0.717, 1.165) is 6.04 Å². The Labute approximate surface area is 117 Å². The molecular weight excluding hydrogens is 232 g/mol. The third-order valence-electron chi connectivity index (χ3n) is 4.53. The molecule has 0 amide bonds. The predicted octanol–water partition coefficient (Wildman–Crippen LogP) is 3.00. The fraction of sp³-hybridized carbons (Fsp3) is 0.647. The summed E-state index contributed by atoms with van der Waals surface area (Å²) in [6, 6.07) is 13.2. The minimum atomic E-state index is 0.648. The lowest BCUT2D eigenvalue weighted by molar-refractivity contribution is 0.137. The van der Waals surface area contributed by atoms with Gasteiger partial charge in [-0.3, -0.25) is 4.90 Å². The van der Waals surface area contributed by atoms with Gasteiger partial charge >= 0.3 is 0 Å². The van der Waals surface area contributed by atoms with E-state index >= 15 is 0 Å². The molecule has 3 rings (SSSR count). The summed E-state index contributed by atoms with van der Waals surface area (Å²) < 4.78 is 0. The van der Waals surface area contributed by atoms with Gasteiger partial charge in [-0.15, -0.1) is 0 Å². The van der Waals surface area contributed by atoms with Crippen LogP contribution in [0.4, 0.5) is 0 Å². The van der Waals surface area contributed by atoms with Crippen molar-refractivity contribution in [2.75, 3.05) is 13.1 Å². The summed E-state index contributed by atoms with van der Waals surface area (Å²) in [7, 11) is 0. The van der Waals surface area contributed by atoms with Crippen molar-refractivity contribution < 1.29 is 0 Å². The van der Waals surface area contributed by atoms with Crippen LogP contribution >= 0.6 is 0 Å². The summed E-state index contributed by atoms with van der Waals surface area (Å²) in [4.78, 5) is 2.64. The second-order valence-electron chi connectivity index (χ2n) is 6.53. The van der Waals surface area contributed by atoms with E-state index in [1.54, 1.807) is 0 Å². The van der Waals surface area contributed by atoms with Crippen molar-refractivity contribution >= 4 is 0 Å². The maximum absolute atomic E-state index is 3.84. The van der Waals surface area contributed by atoms with Crippen LogP contribution in [0.2, 0.25) is 0 Å². The lowest BCUT2D eigenvalue weighted by atomic mass is 9.87. The van der Waals surface area contributed by atoms with Gasteiger partial charge in [0.05, 0.1) is 0 Å². The third-order valence-corrected chi connectivity index (χ3v) is 4.53. The zero-order valence-corrected chi connectivity index (χ0v) is 12.2. The van der Waals surface area contributed by atoms with Crippen LogP contribution in [0.3, 0.4) is 0 Å². The number of nitrogens with zero attached hydrogens (tertiary/aromatic N) is 1. The Morgan fingerprint density at radius 2 is 1.79 bits per heavy atom. The average Bonchev–Trinajstić information content (AvgIpc) is 3.23. The number of hydrogen-bond donors (Lipinski definition) is 1. The van der Waals surface area contributed by atoms with E-state index in [2.05, 4.69) is 54.4 Å². The maximum Gasteiger partial charge on any atom is 0.0204 e. The van der Waals surface area contributed by atoms with Gasteiger partial charge in [0.25, 0.3) is 0 Å². The lowest BCUT2D eigenvalue weighted by Gasteiger charge is -2.40. The molecule has 0 bridgehead atoms. The van der Waals surface area contributed by atoms with Crippen molar-refractivity contribution in [3.8, 4) is 0 Å². The first-order valence-electron chi connectivity index (χ1n) is 7.77. The standard InChI is InChI=1S/C17H26N2/c1-13(2)19-11-15(14-6-4-3-5-7-14)10-17(12-19)18-16-8-9-16/h3-7,13,15-18H,8-12H2,1-2H3. The van der Waals surface area contributed by atoms with Crippen LogP contribution in [0.15, 0.2) is 30.3 Å². The maximum atomic E-state index is 3.84. The van der Waals surface area contributed by atoms with Crippen molar-refractivity contribution in [3.63, 3.8) is 0 Å². The largest absolute Gasteiger partial charge is 0.310 e. The number of piperidine rings is 1.